The Morgan fingerprint density at radius 2 is 1.84 bits per heavy atom. The van der Waals surface area contributed by atoms with Crippen molar-refractivity contribution in [3.63, 3.8) is 0 Å². The number of hydrazone groups is 1. The van der Waals surface area contributed by atoms with Gasteiger partial charge < -0.3 is 10.4 Å². The summed E-state index contributed by atoms with van der Waals surface area (Å²) < 4.78 is 0. The molecule has 2 aliphatic heterocycles. The van der Waals surface area contributed by atoms with Gasteiger partial charge in [-0.25, -0.2) is 4.79 Å². The van der Waals surface area contributed by atoms with E-state index in [2.05, 4.69) is 10.4 Å². The van der Waals surface area contributed by atoms with Crippen molar-refractivity contribution in [2.24, 2.45) is 5.10 Å². The van der Waals surface area contributed by atoms with Crippen LogP contribution in [0.2, 0.25) is 0 Å². The number of anilines is 2. The molecule has 1 atom stereocenters. The second-order valence-corrected chi connectivity index (χ2v) is 7.44. The van der Waals surface area contributed by atoms with Gasteiger partial charge in [-0.05, 0) is 55.7 Å². The number of amides is 3. The van der Waals surface area contributed by atoms with Crippen LogP contribution in [0.15, 0.2) is 65.3 Å². The third kappa shape index (κ3) is 4.18. The summed E-state index contributed by atoms with van der Waals surface area (Å²) in [7, 11) is 0. The van der Waals surface area contributed by atoms with E-state index in [1.165, 1.54) is 9.91 Å². The number of carboxylic acid groups (broad SMARTS) is 1. The lowest BCUT2D eigenvalue weighted by Crippen LogP contribution is -2.42. The number of carbonyl (C=O) groups is 3. The van der Waals surface area contributed by atoms with Crippen LogP contribution in [0.4, 0.5) is 16.2 Å². The van der Waals surface area contributed by atoms with E-state index in [9.17, 15) is 19.5 Å². The topological polar surface area (TPSA) is 102 Å². The molecule has 3 amide bonds. The predicted octanol–water partition coefficient (Wildman–Crippen LogP) is 3.57. The van der Waals surface area contributed by atoms with E-state index in [0.717, 1.165) is 5.56 Å². The molecule has 8 nitrogen and oxygen atoms in total. The normalized spacial score (nSPS) is 19.6. The van der Waals surface area contributed by atoms with E-state index in [1.807, 2.05) is 30.3 Å². The molecular formula is C23H22N4O4. The molecule has 0 aliphatic carbocycles. The molecule has 8 heteroatoms. The van der Waals surface area contributed by atoms with Gasteiger partial charge in [-0.3, -0.25) is 14.5 Å². The number of likely N-dealkylation sites (tertiary alicyclic amines) is 1. The smallest absolute Gasteiger partial charge is 0.407 e. The third-order valence-electron chi connectivity index (χ3n) is 5.35. The Bertz CT molecular complexity index is 1080. The van der Waals surface area contributed by atoms with Crippen LogP contribution < -0.4 is 10.3 Å². The van der Waals surface area contributed by atoms with Crippen LogP contribution in [0, 0.1) is 0 Å². The molecule has 0 radical (unpaired) electrons. The van der Waals surface area contributed by atoms with E-state index in [1.54, 1.807) is 37.3 Å². The Kier molecular flexibility index (Phi) is 5.53. The van der Waals surface area contributed by atoms with Crippen molar-refractivity contribution in [2.75, 3.05) is 16.9 Å². The maximum Gasteiger partial charge on any atom is 0.407 e. The summed E-state index contributed by atoms with van der Waals surface area (Å²) in [6, 6.07) is 15.6. The number of hydrogen-bond acceptors (Lipinski definition) is 4. The van der Waals surface area contributed by atoms with Gasteiger partial charge in [-0.2, -0.15) is 10.1 Å². The first kappa shape index (κ1) is 20.3. The largest absolute Gasteiger partial charge is 0.465 e. The molecule has 0 aromatic heterocycles. The van der Waals surface area contributed by atoms with E-state index < -0.39 is 12.1 Å². The van der Waals surface area contributed by atoms with E-state index in [0.29, 0.717) is 42.0 Å². The minimum Gasteiger partial charge on any atom is -0.465 e. The summed E-state index contributed by atoms with van der Waals surface area (Å²) >= 11 is 0. The molecule has 31 heavy (non-hydrogen) atoms. The monoisotopic (exact) mass is 418 g/mol. The second-order valence-electron chi connectivity index (χ2n) is 7.44. The summed E-state index contributed by atoms with van der Waals surface area (Å²) in [5, 5.41) is 17.7. The van der Waals surface area contributed by atoms with Gasteiger partial charge in [0.2, 0.25) is 5.91 Å². The molecule has 0 spiro atoms. The average molecular weight is 418 g/mol. The average Bonchev–Trinajstić information content (AvgIpc) is 3.37. The highest BCUT2D eigenvalue weighted by molar-refractivity contribution is 6.32. The van der Waals surface area contributed by atoms with Gasteiger partial charge in [0.25, 0.3) is 5.91 Å². The van der Waals surface area contributed by atoms with Gasteiger partial charge >= 0.3 is 6.09 Å². The van der Waals surface area contributed by atoms with Gasteiger partial charge in [0.1, 0.15) is 6.04 Å². The SMILES string of the molecule is CC1=NN(c2ccccc2)C(=O)C1=Cc1ccc(NC(=O)C2CCCN2C(=O)O)cc1. The zero-order chi connectivity index (χ0) is 22.0. The lowest BCUT2D eigenvalue weighted by molar-refractivity contribution is -0.120. The molecule has 1 saturated heterocycles. The number of nitrogens with zero attached hydrogens (tertiary/aromatic N) is 3. The van der Waals surface area contributed by atoms with Gasteiger partial charge in [0, 0.05) is 12.2 Å². The molecule has 2 aromatic carbocycles. The maximum absolute atomic E-state index is 12.8. The lowest BCUT2D eigenvalue weighted by atomic mass is 10.1. The predicted molar refractivity (Wildman–Crippen MR) is 118 cm³/mol. The van der Waals surface area contributed by atoms with Crippen molar-refractivity contribution in [2.45, 2.75) is 25.8 Å². The molecule has 2 N–H and O–H groups in total. The molecule has 158 valence electrons. The molecule has 1 unspecified atom stereocenters. The van der Waals surface area contributed by atoms with Crippen LogP contribution in [-0.2, 0) is 9.59 Å². The lowest BCUT2D eigenvalue weighted by Gasteiger charge is -2.20. The zero-order valence-electron chi connectivity index (χ0n) is 17.0. The van der Waals surface area contributed by atoms with Crippen molar-refractivity contribution < 1.29 is 19.5 Å². The van der Waals surface area contributed by atoms with E-state index in [4.69, 9.17) is 0 Å². The first-order chi connectivity index (χ1) is 14.9. The Balaban J connectivity index is 1.46. The number of carbonyl (C=O) groups excluding carboxylic acids is 2. The second kappa shape index (κ2) is 8.43. The van der Waals surface area contributed by atoms with Crippen LogP contribution in [0.25, 0.3) is 6.08 Å². The minimum atomic E-state index is -1.08. The summed E-state index contributed by atoms with van der Waals surface area (Å²) in [6.45, 7) is 2.16. The zero-order valence-corrected chi connectivity index (χ0v) is 17.0. The van der Waals surface area contributed by atoms with Crippen molar-refractivity contribution >= 4 is 41.1 Å². The highest BCUT2D eigenvalue weighted by Gasteiger charge is 2.34. The van der Waals surface area contributed by atoms with Crippen molar-refractivity contribution in [1.82, 2.24) is 4.90 Å². The number of hydrogen-bond donors (Lipinski definition) is 2. The first-order valence-corrected chi connectivity index (χ1v) is 10.0. The van der Waals surface area contributed by atoms with E-state index in [-0.39, 0.29) is 11.8 Å². The fourth-order valence-corrected chi connectivity index (χ4v) is 3.75. The van der Waals surface area contributed by atoms with Gasteiger partial charge in [0.15, 0.2) is 0 Å². The summed E-state index contributed by atoms with van der Waals surface area (Å²) in [6.07, 6.45) is 1.87. The van der Waals surface area contributed by atoms with Gasteiger partial charge in [-0.15, -0.1) is 0 Å². The molecule has 0 saturated carbocycles. The van der Waals surface area contributed by atoms with Crippen molar-refractivity contribution in [3.8, 4) is 0 Å². The van der Waals surface area contributed by atoms with Crippen LogP contribution in [0.1, 0.15) is 25.3 Å². The van der Waals surface area contributed by atoms with Gasteiger partial charge in [0.05, 0.1) is 17.0 Å². The Morgan fingerprint density at radius 1 is 1.13 bits per heavy atom. The molecule has 1 fully saturated rings. The fourth-order valence-electron chi connectivity index (χ4n) is 3.75. The Hall–Kier alpha value is -3.94. The van der Waals surface area contributed by atoms with Gasteiger partial charge in [-0.1, -0.05) is 30.3 Å². The molecule has 4 rings (SSSR count). The highest BCUT2D eigenvalue weighted by atomic mass is 16.4. The van der Waals surface area contributed by atoms with Crippen molar-refractivity contribution in [3.05, 3.63) is 65.7 Å². The Labute approximate surface area is 179 Å². The number of benzene rings is 2. The van der Waals surface area contributed by atoms with Crippen LogP contribution >= 0.6 is 0 Å². The molecule has 2 heterocycles. The molecular weight excluding hydrogens is 396 g/mol. The first-order valence-electron chi connectivity index (χ1n) is 10.0. The maximum atomic E-state index is 12.8. The number of nitrogens with one attached hydrogen (secondary N) is 1. The van der Waals surface area contributed by atoms with Crippen LogP contribution in [-0.4, -0.2) is 46.2 Å². The minimum absolute atomic E-state index is 0.198. The fraction of sp³-hybridized carbons (Fsp3) is 0.217. The quantitative estimate of drug-likeness (QED) is 0.741. The molecule has 2 aliphatic rings. The van der Waals surface area contributed by atoms with Crippen molar-refractivity contribution in [1.29, 1.82) is 0 Å². The van der Waals surface area contributed by atoms with Crippen LogP contribution in [0.3, 0.4) is 0 Å². The summed E-state index contributed by atoms with van der Waals surface area (Å²) in [5.41, 5.74) is 3.19. The molecule has 2 aromatic rings. The summed E-state index contributed by atoms with van der Waals surface area (Å²) in [5.74, 6) is -0.533. The number of para-hydroxylation sites is 1. The molecule has 0 bridgehead atoms. The highest BCUT2D eigenvalue weighted by Crippen LogP contribution is 2.25. The number of rotatable bonds is 4. The Morgan fingerprint density at radius 3 is 2.52 bits per heavy atom. The van der Waals surface area contributed by atoms with E-state index >= 15 is 0 Å². The third-order valence-corrected chi connectivity index (χ3v) is 5.35. The standard InChI is InChI=1S/C23H22N4O4/c1-15-19(22(29)27(25-15)18-6-3-2-4-7-18)14-16-9-11-17(12-10-16)24-21(28)20-8-5-13-26(20)23(30)31/h2-4,6-7,9-12,14,20H,5,8,13H2,1H3,(H,24,28)(H,30,31). The van der Waals surface area contributed by atoms with Crippen LogP contribution in [0.5, 0.6) is 0 Å². The summed E-state index contributed by atoms with van der Waals surface area (Å²) in [4.78, 5) is 37.7.